The number of nitrogens with one attached hydrogen (secondary N) is 1. The maximum atomic E-state index is 11.9. The van der Waals surface area contributed by atoms with Crippen LogP contribution in [0, 0.1) is 16.0 Å². The van der Waals surface area contributed by atoms with Crippen molar-refractivity contribution in [1.82, 2.24) is 5.32 Å². The van der Waals surface area contributed by atoms with Crippen LogP contribution in [0.15, 0.2) is 16.3 Å². The standard InChI is InChI=1S/C12H17N3O4/c1-4-5-6-13-11(16)9-7(2)10(15(18)19)8(3)14-12(9)17/h9H,4-6H2,1-3H3,(H,13,16). The minimum atomic E-state index is -1.18. The molecule has 0 spiro atoms. The molecule has 0 aromatic rings. The highest BCUT2D eigenvalue weighted by molar-refractivity contribution is 6.14. The zero-order chi connectivity index (χ0) is 14.6. The van der Waals surface area contributed by atoms with Gasteiger partial charge in [-0.05, 0) is 20.3 Å². The summed E-state index contributed by atoms with van der Waals surface area (Å²) in [7, 11) is 0. The Morgan fingerprint density at radius 1 is 1.47 bits per heavy atom. The maximum absolute atomic E-state index is 11.9. The molecule has 1 N–H and O–H groups in total. The topological polar surface area (TPSA) is 102 Å². The Kier molecular flexibility index (Phi) is 4.91. The van der Waals surface area contributed by atoms with E-state index in [9.17, 15) is 19.7 Å². The SMILES string of the molecule is CCCCNC(=O)C1C(=O)N=C(C)C([N+](=O)[O-])=C1C. The van der Waals surface area contributed by atoms with E-state index in [1.54, 1.807) is 0 Å². The minimum absolute atomic E-state index is 0.0464. The average molecular weight is 267 g/mol. The molecule has 7 heteroatoms. The van der Waals surface area contributed by atoms with E-state index < -0.39 is 22.7 Å². The van der Waals surface area contributed by atoms with Crippen molar-refractivity contribution in [2.45, 2.75) is 33.6 Å². The molecule has 7 nitrogen and oxygen atoms in total. The second kappa shape index (κ2) is 6.21. The predicted octanol–water partition coefficient (Wildman–Crippen LogP) is 1.07. The second-order valence-electron chi connectivity index (χ2n) is 4.40. The molecular weight excluding hydrogens is 250 g/mol. The van der Waals surface area contributed by atoms with Crippen molar-refractivity contribution in [2.24, 2.45) is 10.9 Å². The normalized spacial score (nSPS) is 19.2. The largest absolute Gasteiger partial charge is 0.355 e. The molecule has 1 aliphatic rings. The van der Waals surface area contributed by atoms with Crippen LogP contribution in [0.2, 0.25) is 0 Å². The Morgan fingerprint density at radius 2 is 2.11 bits per heavy atom. The molecule has 0 aromatic heterocycles. The molecule has 1 unspecified atom stereocenters. The van der Waals surface area contributed by atoms with E-state index in [1.807, 2.05) is 6.92 Å². The van der Waals surface area contributed by atoms with Crippen LogP contribution >= 0.6 is 0 Å². The van der Waals surface area contributed by atoms with Gasteiger partial charge in [0.15, 0.2) is 0 Å². The lowest BCUT2D eigenvalue weighted by molar-refractivity contribution is -0.416. The molecule has 19 heavy (non-hydrogen) atoms. The summed E-state index contributed by atoms with van der Waals surface area (Å²) >= 11 is 0. The number of dihydropyridines is 1. The fourth-order valence-electron chi connectivity index (χ4n) is 1.97. The van der Waals surface area contributed by atoms with Crippen molar-refractivity contribution in [3.05, 3.63) is 21.4 Å². The van der Waals surface area contributed by atoms with Crippen molar-refractivity contribution < 1.29 is 14.5 Å². The van der Waals surface area contributed by atoms with E-state index in [1.165, 1.54) is 13.8 Å². The maximum Gasteiger partial charge on any atom is 0.290 e. The van der Waals surface area contributed by atoms with E-state index in [0.29, 0.717) is 6.54 Å². The first kappa shape index (κ1) is 15.0. The molecule has 0 saturated heterocycles. The molecule has 0 saturated carbocycles. The third-order valence-corrected chi connectivity index (χ3v) is 2.95. The molecule has 1 heterocycles. The quantitative estimate of drug-likeness (QED) is 0.348. The van der Waals surface area contributed by atoms with E-state index in [4.69, 9.17) is 0 Å². The van der Waals surface area contributed by atoms with Crippen LogP contribution in [0.3, 0.4) is 0 Å². The summed E-state index contributed by atoms with van der Waals surface area (Å²) in [6.45, 7) is 5.24. The van der Waals surface area contributed by atoms with Crippen LogP contribution < -0.4 is 5.32 Å². The van der Waals surface area contributed by atoms with Gasteiger partial charge in [0.25, 0.3) is 11.6 Å². The van der Waals surface area contributed by atoms with Crippen molar-refractivity contribution in [3.8, 4) is 0 Å². The summed E-state index contributed by atoms with van der Waals surface area (Å²) < 4.78 is 0. The molecule has 104 valence electrons. The smallest absolute Gasteiger partial charge is 0.290 e. The van der Waals surface area contributed by atoms with Gasteiger partial charge >= 0.3 is 0 Å². The second-order valence-corrected chi connectivity index (χ2v) is 4.40. The van der Waals surface area contributed by atoms with Crippen LogP contribution in [-0.2, 0) is 9.59 Å². The van der Waals surface area contributed by atoms with Gasteiger partial charge in [-0.2, -0.15) is 0 Å². The Labute approximate surface area is 110 Å². The number of carbonyl (C=O) groups is 2. The zero-order valence-corrected chi connectivity index (χ0v) is 11.2. The molecule has 1 aliphatic heterocycles. The molecule has 0 bridgehead atoms. The highest BCUT2D eigenvalue weighted by Gasteiger charge is 2.38. The van der Waals surface area contributed by atoms with Crippen molar-refractivity contribution in [2.75, 3.05) is 6.54 Å². The summed E-state index contributed by atoms with van der Waals surface area (Å²) in [5, 5.41) is 13.5. The summed E-state index contributed by atoms with van der Waals surface area (Å²) in [4.78, 5) is 37.6. The van der Waals surface area contributed by atoms with Gasteiger partial charge in [0.1, 0.15) is 11.6 Å². The van der Waals surface area contributed by atoms with Crippen LogP contribution in [0.1, 0.15) is 33.6 Å². The van der Waals surface area contributed by atoms with Crippen molar-refractivity contribution in [1.29, 1.82) is 0 Å². The Bertz CT molecular complexity index is 479. The van der Waals surface area contributed by atoms with Crippen LogP contribution in [-0.4, -0.2) is 29.0 Å². The minimum Gasteiger partial charge on any atom is -0.355 e. The third kappa shape index (κ3) is 3.24. The number of nitrogens with zero attached hydrogens (tertiary/aromatic N) is 2. The number of nitro groups is 1. The first-order valence-electron chi connectivity index (χ1n) is 6.12. The number of hydrogen-bond donors (Lipinski definition) is 1. The van der Waals surface area contributed by atoms with Crippen LogP contribution in [0.25, 0.3) is 0 Å². The van der Waals surface area contributed by atoms with Crippen LogP contribution in [0.5, 0.6) is 0 Å². The summed E-state index contributed by atoms with van der Waals surface area (Å²) in [6, 6.07) is 0. The molecule has 1 atom stereocenters. The average Bonchev–Trinajstić information content (AvgIpc) is 2.27. The Morgan fingerprint density at radius 3 is 2.63 bits per heavy atom. The lowest BCUT2D eigenvalue weighted by atomic mass is 9.92. The van der Waals surface area contributed by atoms with Gasteiger partial charge in [-0.3, -0.25) is 19.7 Å². The lowest BCUT2D eigenvalue weighted by Crippen LogP contribution is -2.39. The Hall–Kier alpha value is -2.05. The number of carbonyl (C=O) groups excluding carboxylic acids is 2. The first-order chi connectivity index (χ1) is 8.90. The Balaban J connectivity index is 2.98. The number of aliphatic imine (C=N–C) groups is 1. The summed E-state index contributed by atoms with van der Waals surface area (Å²) in [6.07, 6.45) is 1.70. The first-order valence-corrected chi connectivity index (χ1v) is 6.12. The van der Waals surface area contributed by atoms with Gasteiger partial charge in [0.2, 0.25) is 5.91 Å². The highest BCUT2D eigenvalue weighted by Crippen LogP contribution is 2.23. The van der Waals surface area contributed by atoms with Crippen molar-refractivity contribution >= 4 is 17.5 Å². The van der Waals surface area contributed by atoms with Gasteiger partial charge in [-0.25, -0.2) is 4.99 Å². The fraction of sp³-hybridized carbons (Fsp3) is 0.583. The van der Waals surface area contributed by atoms with Gasteiger partial charge < -0.3 is 5.32 Å². The summed E-state index contributed by atoms with van der Waals surface area (Å²) in [5.41, 5.74) is -0.0446. The zero-order valence-electron chi connectivity index (χ0n) is 11.2. The predicted molar refractivity (Wildman–Crippen MR) is 69.2 cm³/mol. The molecule has 0 aromatic carbocycles. The van der Waals surface area contributed by atoms with E-state index in [0.717, 1.165) is 12.8 Å². The number of rotatable bonds is 5. The monoisotopic (exact) mass is 267 g/mol. The number of amides is 2. The number of hydrogen-bond acceptors (Lipinski definition) is 4. The van der Waals surface area contributed by atoms with Gasteiger partial charge in [0.05, 0.1) is 4.92 Å². The van der Waals surface area contributed by atoms with E-state index >= 15 is 0 Å². The molecule has 0 fully saturated rings. The third-order valence-electron chi connectivity index (χ3n) is 2.95. The molecule has 0 radical (unpaired) electrons. The van der Waals surface area contributed by atoms with E-state index in [2.05, 4.69) is 10.3 Å². The molecule has 2 amide bonds. The van der Waals surface area contributed by atoms with Crippen LogP contribution in [0.4, 0.5) is 0 Å². The van der Waals surface area contributed by atoms with Gasteiger partial charge in [0, 0.05) is 12.1 Å². The number of unbranched alkanes of at least 4 members (excludes halogenated alkanes) is 1. The lowest BCUT2D eigenvalue weighted by Gasteiger charge is -2.18. The summed E-state index contributed by atoms with van der Waals surface area (Å²) in [5.74, 6) is -2.35. The molecule has 0 aliphatic carbocycles. The molecular formula is C12H17N3O4. The highest BCUT2D eigenvalue weighted by atomic mass is 16.6. The van der Waals surface area contributed by atoms with Gasteiger partial charge in [-0.1, -0.05) is 13.3 Å². The van der Waals surface area contributed by atoms with Gasteiger partial charge in [-0.15, -0.1) is 0 Å². The fourth-order valence-corrected chi connectivity index (χ4v) is 1.97. The number of allylic oxidation sites excluding steroid dienone is 1. The van der Waals surface area contributed by atoms with Crippen molar-refractivity contribution in [3.63, 3.8) is 0 Å². The molecule has 1 rings (SSSR count). The van der Waals surface area contributed by atoms with E-state index in [-0.39, 0.29) is 17.0 Å².